The summed E-state index contributed by atoms with van der Waals surface area (Å²) < 4.78 is 10.6. The van der Waals surface area contributed by atoms with Crippen molar-refractivity contribution >= 4 is 0 Å². The van der Waals surface area contributed by atoms with Gasteiger partial charge in [-0.15, -0.1) is 0 Å². The van der Waals surface area contributed by atoms with Gasteiger partial charge in [0.05, 0.1) is 38.6 Å². The average molecular weight is 349 g/mol. The molecule has 0 bridgehead atoms. The number of hydrogen-bond acceptors (Lipinski definition) is 5. The van der Waals surface area contributed by atoms with Gasteiger partial charge in [0.25, 0.3) is 0 Å². The van der Waals surface area contributed by atoms with Crippen LogP contribution in [0.4, 0.5) is 0 Å². The van der Waals surface area contributed by atoms with E-state index in [4.69, 9.17) is 9.47 Å². The first-order valence-electron chi connectivity index (χ1n) is 9.79. The van der Waals surface area contributed by atoms with Gasteiger partial charge in [0.2, 0.25) is 0 Å². The fourth-order valence-corrected chi connectivity index (χ4v) is 2.51. The van der Waals surface area contributed by atoms with E-state index in [0.29, 0.717) is 0 Å². The Balaban J connectivity index is 3.43. The van der Waals surface area contributed by atoms with Crippen LogP contribution in [0.2, 0.25) is 0 Å². The van der Waals surface area contributed by atoms with Crippen molar-refractivity contribution in [2.24, 2.45) is 0 Å². The van der Waals surface area contributed by atoms with Crippen molar-refractivity contribution < 1.29 is 24.8 Å². The van der Waals surface area contributed by atoms with Gasteiger partial charge in [-0.3, -0.25) is 0 Å². The number of aliphatic hydroxyl groups is 3. The van der Waals surface area contributed by atoms with Crippen LogP contribution in [0.1, 0.15) is 78.1 Å². The fraction of sp³-hybridized carbons (Fsp3) is 1.00. The Morgan fingerprint density at radius 1 is 0.542 bits per heavy atom. The van der Waals surface area contributed by atoms with Gasteiger partial charge in [-0.25, -0.2) is 0 Å². The van der Waals surface area contributed by atoms with Gasteiger partial charge >= 0.3 is 0 Å². The van der Waals surface area contributed by atoms with E-state index in [1.807, 2.05) is 0 Å². The highest BCUT2D eigenvalue weighted by molar-refractivity contribution is 4.59. The molecule has 0 fully saturated rings. The molecule has 0 saturated carbocycles. The molecule has 24 heavy (non-hydrogen) atoms. The Morgan fingerprint density at radius 2 is 0.917 bits per heavy atom. The molecule has 146 valence electrons. The molecule has 0 aromatic carbocycles. The molecule has 0 spiro atoms. The lowest BCUT2D eigenvalue weighted by molar-refractivity contribution is -0.0540. The van der Waals surface area contributed by atoms with Crippen LogP contribution < -0.4 is 0 Å². The molecular formula is C19H40O5. The molecule has 0 aliphatic carbocycles. The number of aliphatic hydroxyl groups excluding tert-OH is 3. The normalized spacial score (nSPS) is 15.4. The molecule has 5 heteroatoms. The Kier molecular flexibility index (Phi) is 17.5. The summed E-state index contributed by atoms with van der Waals surface area (Å²) in [6, 6.07) is 0. The summed E-state index contributed by atoms with van der Waals surface area (Å²) in [4.78, 5) is 0. The Morgan fingerprint density at radius 3 is 1.29 bits per heavy atom. The van der Waals surface area contributed by atoms with Gasteiger partial charge in [-0.05, 0) is 12.8 Å². The van der Waals surface area contributed by atoms with E-state index in [1.165, 1.54) is 25.7 Å². The maximum Gasteiger partial charge on any atom is 0.101 e. The third-order valence-corrected chi connectivity index (χ3v) is 4.02. The van der Waals surface area contributed by atoms with E-state index < -0.39 is 18.3 Å². The fourth-order valence-electron chi connectivity index (χ4n) is 2.51. The zero-order valence-corrected chi connectivity index (χ0v) is 15.8. The van der Waals surface area contributed by atoms with E-state index >= 15 is 0 Å². The minimum absolute atomic E-state index is 0.151. The van der Waals surface area contributed by atoms with E-state index in [1.54, 1.807) is 0 Å². The molecule has 2 unspecified atom stereocenters. The van der Waals surface area contributed by atoms with Crippen LogP contribution in [0.3, 0.4) is 0 Å². The molecule has 0 amide bonds. The van der Waals surface area contributed by atoms with Gasteiger partial charge < -0.3 is 24.8 Å². The smallest absolute Gasteiger partial charge is 0.101 e. The molecule has 0 aliphatic rings. The van der Waals surface area contributed by atoms with Gasteiger partial charge in [-0.2, -0.15) is 0 Å². The molecule has 0 radical (unpaired) electrons. The van der Waals surface area contributed by atoms with Crippen LogP contribution in [0.5, 0.6) is 0 Å². The first-order valence-corrected chi connectivity index (χ1v) is 9.79. The maximum absolute atomic E-state index is 9.76. The summed E-state index contributed by atoms with van der Waals surface area (Å²) in [6.07, 6.45) is 8.95. The van der Waals surface area contributed by atoms with Crippen LogP contribution in [0.15, 0.2) is 0 Å². The zero-order valence-electron chi connectivity index (χ0n) is 15.8. The number of ether oxygens (including phenoxy) is 2. The van der Waals surface area contributed by atoms with E-state index in [0.717, 1.165) is 38.5 Å². The quantitative estimate of drug-likeness (QED) is 0.332. The predicted octanol–water partition coefficient (Wildman–Crippen LogP) is 3.04. The first kappa shape index (κ1) is 23.8. The zero-order chi connectivity index (χ0) is 18.0. The van der Waals surface area contributed by atoms with Crippen LogP contribution in [0.25, 0.3) is 0 Å². The third kappa shape index (κ3) is 16.7. The second-order valence-electron chi connectivity index (χ2n) is 6.74. The lowest BCUT2D eigenvalue weighted by atomic mass is 10.1. The molecule has 3 N–H and O–H groups in total. The van der Waals surface area contributed by atoms with Gasteiger partial charge in [-0.1, -0.05) is 65.2 Å². The molecular weight excluding hydrogens is 308 g/mol. The summed E-state index contributed by atoms with van der Waals surface area (Å²) in [5.74, 6) is 0. The predicted molar refractivity (Wildman–Crippen MR) is 97.2 cm³/mol. The Bertz CT molecular complexity index is 226. The van der Waals surface area contributed by atoms with Crippen molar-refractivity contribution in [3.8, 4) is 0 Å². The standard InChI is InChI=1S/C19H40O5/c1-3-5-7-9-11-17(20)13-23-15-19(22)16-24-14-18(21)12-10-8-6-4-2/h17-22H,3-16H2,1-2H3. The minimum Gasteiger partial charge on any atom is -0.391 e. The van der Waals surface area contributed by atoms with Crippen molar-refractivity contribution in [2.45, 2.75) is 96.4 Å². The van der Waals surface area contributed by atoms with E-state index in [2.05, 4.69) is 13.8 Å². The Labute approximate surface area is 148 Å². The van der Waals surface area contributed by atoms with Crippen LogP contribution in [-0.4, -0.2) is 60.1 Å². The molecule has 0 heterocycles. The van der Waals surface area contributed by atoms with Crippen LogP contribution in [0, 0.1) is 0 Å². The lowest BCUT2D eigenvalue weighted by Crippen LogP contribution is -2.27. The number of rotatable bonds is 18. The highest BCUT2D eigenvalue weighted by Crippen LogP contribution is 2.07. The molecule has 0 aromatic rings. The van der Waals surface area contributed by atoms with Crippen LogP contribution >= 0.6 is 0 Å². The lowest BCUT2D eigenvalue weighted by Gasteiger charge is -2.16. The summed E-state index contributed by atoms with van der Waals surface area (Å²) in [6.45, 7) is 5.13. The van der Waals surface area contributed by atoms with Crippen molar-refractivity contribution in [1.82, 2.24) is 0 Å². The largest absolute Gasteiger partial charge is 0.391 e. The Hall–Kier alpha value is -0.200. The second-order valence-corrected chi connectivity index (χ2v) is 6.74. The molecule has 0 rings (SSSR count). The molecule has 0 saturated heterocycles. The van der Waals surface area contributed by atoms with E-state index in [-0.39, 0.29) is 26.4 Å². The van der Waals surface area contributed by atoms with Gasteiger partial charge in [0.1, 0.15) is 6.10 Å². The molecule has 5 nitrogen and oxygen atoms in total. The highest BCUT2D eigenvalue weighted by atomic mass is 16.5. The SMILES string of the molecule is CCCCCCC(O)COCC(O)COCC(O)CCCCCC. The summed E-state index contributed by atoms with van der Waals surface area (Å²) in [5.41, 5.74) is 0. The first-order chi connectivity index (χ1) is 11.6. The van der Waals surface area contributed by atoms with Crippen molar-refractivity contribution in [3.63, 3.8) is 0 Å². The number of hydrogen-bond donors (Lipinski definition) is 3. The van der Waals surface area contributed by atoms with Crippen molar-refractivity contribution in [2.75, 3.05) is 26.4 Å². The highest BCUT2D eigenvalue weighted by Gasteiger charge is 2.10. The minimum atomic E-state index is -0.718. The monoisotopic (exact) mass is 348 g/mol. The van der Waals surface area contributed by atoms with Gasteiger partial charge in [0.15, 0.2) is 0 Å². The summed E-state index contributed by atoms with van der Waals surface area (Å²) in [7, 11) is 0. The summed E-state index contributed by atoms with van der Waals surface area (Å²) in [5, 5.41) is 29.3. The van der Waals surface area contributed by atoms with Crippen molar-refractivity contribution in [3.05, 3.63) is 0 Å². The number of unbranched alkanes of at least 4 members (excludes halogenated alkanes) is 6. The topological polar surface area (TPSA) is 79.2 Å². The average Bonchev–Trinajstić information content (AvgIpc) is 2.55. The third-order valence-electron chi connectivity index (χ3n) is 4.02. The maximum atomic E-state index is 9.76. The van der Waals surface area contributed by atoms with Crippen molar-refractivity contribution in [1.29, 1.82) is 0 Å². The molecule has 0 aliphatic heterocycles. The summed E-state index contributed by atoms with van der Waals surface area (Å²) >= 11 is 0. The second kappa shape index (κ2) is 17.6. The van der Waals surface area contributed by atoms with E-state index in [9.17, 15) is 15.3 Å². The van der Waals surface area contributed by atoms with Gasteiger partial charge in [0, 0.05) is 0 Å². The van der Waals surface area contributed by atoms with Crippen LogP contribution in [-0.2, 0) is 9.47 Å². The molecule has 2 atom stereocenters. The molecule has 0 aromatic heterocycles.